The van der Waals surface area contributed by atoms with Crippen molar-refractivity contribution < 1.29 is 37.0 Å². The number of hydrogen-bond acceptors (Lipinski definition) is 8. The van der Waals surface area contributed by atoms with E-state index >= 15 is 0 Å². The third-order valence-electron chi connectivity index (χ3n) is 5.03. The van der Waals surface area contributed by atoms with Crippen LogP contribution in [0.5, 0.6) is 5.75 Å². The van der Waals surface area contributed by atoms with Crippen molar-refractivity contribution in [1.29, 1.82) is 0 Å². The average molecular weight is 494 g/mol. The van der Waals surface area contributed by atoms with Gasteiger partial charge in [0.25, 0.3) is 0 Å². The quantitative estimate of drug-likeness (QED) is 0.309. The Morgan fingerprint density at radius 1 is 0.882 bits per heavy atom. The molecule has 186 valence electrons. The number of methoxy groups -OCH3 is 2. The van der Waals surface area contributed by atoms with Gasteiger partial charge < -0.3 is 18.9 Å². The zero-order chi connectivity index (χ0) is 25.1. The number of ether oxygens (including phenoxy) is 4. The molecule has 0 aliphatic carbocycles. The summed E-state index contributed by atoms with van der Waals surface area (Å²) in [5.74, 6) is -0.769. The molecule has 0 saturated heterocycles. The lowest BCUT2D eigenvalue weighted by atomic mass is 10.0. The van der Waals surface area contributed by atoms with Gasteiger partial charge in [0.15, 0.2) is 0 Å². The summed E-state index contributed by atoms with van der Waals surface area (Å²) in [7, 11) is -0.789. The monoisotopic (exact) mass is 493 g/mol. The predicted octanol–water partition coefficient (Wildman–Crippen LogP) is 3.13. The van der Waals surface area contributed by atoms with Crippen LogP contribution in [-0.4, -0.2) is 71.8 Å². The first-order valence-electron chi connectivity index (χ1n) is 10.9. The molecule has 0 bridgehead atoms. The molecule has 0 fully saturated rings. The highest BCUT2D eigenvalue weighted by molar-refractivity contribution is 7.89. The van der Waals surface area contributed by atoms with E-state index in [1.54, 1.807) is 56.3 Å². The van der Waals surface area contributed by atoms with E-state index in [0.717, 1.165) is 5.56 Å². The van der Waals surface area contributed by atoms with E-state index < -0.39 is 22.0 Å². The number of carbonyl (C=O) groups excluding carboxylic acids is 2. The average Bonchev–Trinajstić information content (AvgIpc) is 2.84. The topological polar surface area (TPSA) is 108 Å². The van der Waals surface area contributed by atoms with Crippen molar-refractivity contribution in [2.45, 2.75) is 25.2 Å². The Hall–Kier alpha value is -2.95. The molecule has 34 heavy (non-hydrogen) atoms. The number of nitrogens with zero attached hydrogens (tertiary/aromatic N) is 1. The lowest BCUT2D eigenvalue weighted by Crippen LogP contribution is -2.30. The van der Waals surface area contributed by atoms with Crippen LogP contribution in [0.1, 0.15) is 30.6 Å². The normalized spacial score (nSPS) is 11.3. The summed E-state index contributed by atoms with van der Waals surface area (Å²) in [4.78, 5) is 24.2. The molecule has 0 aliphatic heterocycles. The third kappa shape index (κ3) is 7.02. The van der Waals surface area contributed by atoms with Gasteiger partial charge in [0, 0.05) is 20.2 Å². The fourth-order valence-corrected chi connectivity index (χ4v) is 4.65. The number of hydrogen-bond donors (Lipinski definition) is 0. The summed E-state index contributed by atoms with van der Waals surface area (Å²) in [6.07, 6.45) is 0.00848. The van der Waals surface area contributed by atoms with E-state index in [4.69, 9.17) is 18.9 Å². The van der Waals surface area contributed by atoms with Crippen LogP contribution >= 0.6 is 0 Å². The second-order valence-electron chi connectivity index (χ2n) is 7.13. The molecule has 0 saturated carbocycles. The van der Waals surface area contributed by atoms with E-state index in [1.807, 2.05) is 0 Å². The highest BCUT2D eigenvalue weighted by Gasteiger charge is 2.21. The van der Waals surface area contributed by atoms with E-state index in [-0.39, 0.29) is 35.8 Å². The first-order valence-corrected chi connectivity index (χ1v) is 12.3. The van der Waals surface area contributed by atoms with Crippen molar-refractivity contribution in [2.75, 3.05) is 47.1 Å². The van der Waals surface area contributed by atoms with Crippen LogP contribution in [0.4, 0.5) is 0 Å². The summed E-state index contributed by atoms with van der Waals surface area (Å²) >= 11 is 0. The molecule has 0 radical (unpaired) electrons. The van der Waals surface area contributed by atoms with Crippen LogP contribution in [0.3, 0.4) is 0 Å². The first-order chi connectivity index (χ1) is 16.3. The van der Waals surface area contributed by atoms with Gasteiger partial charge in [-0.05, 0) is 35.4 Å². The molecule has 0 atom stereocenters. The van der Waals surface area contributed by atoms with Gasteiger partial charge in [0.2, 0.25) is 10.0 Å². The van der Waals surface area contributed by atoms with Gasteiger partial charge in [0.1, 0.15) is 17.9 Å². The Morgan fingerprint density at radius 3 is 2.12 bits per heavy atom. The van der Waals surface area contributed by atoms with Crippen LogP contribution < -0.4 is 4.74 Å². The standard InChI is InChI=1S/C24H31NO8S/c1-5-25(6-2)34(28,29)20-10-7-18(8-11-20)19-9-12-22(21(17-19)24(27)31-4)32-14-13-23(26)33-16-15-30-3/h7-12,17H,5-6,13-16H2,1-4H3. The predicted molar refractivity (Wildman–Crippen MR) is 126 cm³/mol. The minimum atomic E-state index is -3.56. The van der Waals surface area contributed by atoms with Crippen molar-refractivity contribution in [3.05, 3.63) is 48.0 Å². The lowest BCUT2D eigenvalue weighted by molar-refractivity contribution is -0.145. The van der Waals surface area contributed by atoms with Gasteiger partial charge in [-0.25, -0.2) is 13.2 Å². The van der Waals surface area contributed by atoms with Gasteiger partial charge >= 0.3 is 11.9 Å². The highest BCUT2D eigenvalue weighted by atomic mass is 32.2. The van der Waals surface area contributed by atoms with E-state index in [2.05, 4.69) is 0 Å². The molecule has 0 aromatic heterocycles. The molecule has 0 spiro atoms. The van der Waals surface area contributed by atoms with E-state index in [0.29, 0.717) is 25.3 Å². The maximum absolute atomic E-state index is 12.7. The van der Waals surface area contributed by atoms with E-state index in [9.17, 15) is 18.0 Å². The zero-order valence-corrected chi connectivity index (χ0v) is 20.7. The number of sulfonamides is 1. The SMILES string of the molecule is CCN(CC)S(=O)(=O)c1ccc(-c2ccc(OCCC(=O)OCCOC)c(C(=O)OC)c2)cc1. The maximum Gasteiger partial charge on any atom is 0.341 e. The Bertz CT molecular complexity index is 1060. The molecule has 2 rings (SSSR count). The van der Waals surface area contributed by atoms with Crippen molar-refractivity contribution >= 4 is 22.0 Å². The van der Waals surface area contributed by atoms with Crippen LogP contribution in [0.25, 0.3) is 11.1 Å². The minimum Gasteiger partial charge on any atom is -0.492 e. The molecular formula is C24H31NO8S. The highest BCUT2D eigenvalue weighted by Crippen LogP contribution is 2.29. The summed E-state index contributed by atoms with van der Waals surface area (Å²) in [6, 6.07) is 11.4. The maximum atomic E-state index is 12.7. The Kier molecular flexibility index (Phi) is 10.5. The van der Waals surface area contributed by atoms with Crippen LogP contribution in [-0.2, 0) is 29.0 Å². The second kappa shape index (κ2) is 13.1. The number of esters is 2. The molecule has 2 aromatic carbocycles. The fourth-order valence-electron chi connectivity index (χ4n) is 3.19. The zero-order valence-electron chi connectivity index (χ0n) is 19.9. The van der Waals surface area contributed by atoms with Gasteiger partial charge in [-0.1, -0.05) is 32.0 Å². The molecule has 10 heteroatoms. The molecule has 0 aliphatic rings. The van der Waals surface area contributed by atoms with Crippen molar-refractivity contribution in [1.82, 2.24) is 4.31 Å². The van der Waals surface area contributed by atoms with Gasteiger partial charge in [0.05, 0.1) is 31.6 Å². The van der Waals surface area contributed by atoms with Crippen LogP contribution in [0, 0.1) is 0 Å². The van der Waals surface area contributed by atoms with Crippen LogP contribution in [0.2, 0.25) is 0 Å². The molecule has 0 amide bonds. The summed E-state index contributed by atoms with van der Waals surface area (Å²) in [6.45, 7) is 4.84. The summed E-state index contributed by atoms with van der Waals surface area (Å²) < 4.78 is 47.1. The van der Waals surface area contributed by atoms with Gasteiger partial charge in [-0.15, -0.1) is 0 Å². The molecule has 0 unspecified atom stereocenters. The van der Waals surface area contributed by atoms with Crippen molar-refractivity contribution in [3.8, 4) is 16.9 Å². The molecule has 2 aromatic rings. The number of carbonyl (C=O) groups is 2. The fraction of sp³-hybridized carbons (Fsp3) is 0.417. The van der Waals surface area contributed by atoms with Gasteiger partial charge in [-0.2, -0.15) is 4.31 Å². The van der Waals surface area contributed by atoms with Gasteiger partial charge in [-0.3, -0.25) is 4.79 Å². The smallest absolute Gasteiger partial charge is 0.341 e. The summed E-state index contributed by atoms with van der Waals surface area (Å²) in [5, 5.41) is 0. The Labute approximate surface area is 200 Å². The number of rotatable bonds is 13. The minimum absolute atomic E-state index is 0.00848. The largest absolute Gasteiger partial charge is 0.492 e. The molecule has 0 heterocycles. The second-order valence-corrected chi connectivity index (χ2v) is 9.07. The van der Waals surface area contributed by atoms with Crippen molar-refractivity contribution in [2.24, 2.45) is 0 Å². The molecule has 0 N–H and O–H groups in total. The number of benzene rings is 2. The Morgan fingerprint density at radius 2 is 1.53 bits per heavy atom. The third-order valence-corrected chi connectivity index (χ3v) is 7.09. The van der Waals surface area contributed by atoms with Crippen molar-refractivity contribution in [3.63, 3.8) is 0 Å². The van der Waals surface area contributed by atoms with E-state index in [1.165, 1.54) is 18.5 Å². The summed E-state index contributed by atoms with van der Waals surface area (Å²) in [5.41, 5.74) is 1.59. The molecular weight excluding hydrogens is 462 g/mol. The van der Waals surface area contributed by atoms with Crippen LogP contribution in [0.15, 0.2) is 47.4 Å². The first kappa shape index (κ1) is 27.3. The molecule has 9 nitrogen and oxygen atoms in total. The lowest BCUT2D eigenvalue weighted by Gasteiger charge is -2.18. The Balaban J connectivity index is 2.19.